The third-order valence-corrected chi connectivity index (χ3v) is 1.21. The van der Waals surface area contributed by atoms with Gasteiger partial charge in [0.15, 0.2) is 0 Å². The van der Waals surface area contributed by atoms with E-state index in [9.17, 15) is 0 Å². The van der Waals surface area contributed by atoms with Crippen molar-refractivity contribution in [2.24, 2.45) is 0 Å². The Balaban J connectivity index is 4.02. The van der Waals surface area contributed by atoms with E-state index in [2.05, 4.69) is 11.4 Å². The van der Waals surface area contributed by atoms with Crippen LogP contribution >= 0.6 is 0 Å². The lowest BCUT2D eigenvalue weighted by Crippen LogP contribution is -2.47. The Hall–Kier alpha value is -0.590. The second-order valence-electron chi connectivity index (χ2n) is 2.88. The van der Waals surface area contributed by atoms with E-state index in [0.717, 1.165) is 0 Å². The quantitative estimate of drug-likeness (QED) is 0.623. The monoisotopic (exact) mass is 156 g/mol. The van der Waals surface area contributed by atoms with Crippen molar-refractivity contribution in [2.75, 3.05) is 6.61 Å². The summed E-state index contributed by atoms with van der Waals surface area (Å²) < 4.78 is 5.22. The van der Waals surface area contributed by atoms with Crippen LogP contribution in [0.4, 0.5) is 0 Å². The van der Waals surface area contributed by atoms with Crippen LogP contribution in [0.25, 0.3) is 0 Å². The molecule has 0 aliphatic heterocycles. The minimum atomic E-state index is -0.830. The summed E-state index contributed by atoms with van der Waals surface area (Å²) in [5.74, 6) is 0. The smallest absolute Gasteiger partial charge is 0.205 e. The molecule has 3 heteroatoms. The number of nitrogens with one attached hydrogen (secondary N) is 1. The van der Waals surface area contributed by atoms with Crippen molar-refractivity contribution in [1.29, 1.82) is 5.26 Å². The Morgan fingerprint density at radius 2 is 2.18 bits per heavy atom. The molecule has 1 unspecified atom stereocenters. The largest absolute Gasteiger partial charge is 0.348 e. The zero-order valence-electron chi connectivity index (χ0n) is 7.64. The predicted molar refractivity (Wildman–Crippen MR) is 43.9 cm³/mol. The normalized spacial score (nSPS) is 16.0. The average molecular weight is 156 g/mol. The first kappa shape index (κ1) is 10.4. The number of nitriles is 1. The maximum Gasteiger partial charge on any atom is 0.205 e. The highest BCUT2D eigenvalue weighted by molar-refractivity contribution is 4.96. The van der Waals surface area contributed by atoms with E-state index < -0.39 is 5.72 Å². The van der Waals surface area contributed by atoms with E-state index in [0.29, 0.717) is 6.61 Å². The fraction of sp³-hybridized carbons (Fsp3) is 0.875. The minimum Gasteiger partial charge on any atom is -0.348 e. The van der Waals surface area contributed by atoms with Gasteiger partial charge in [-0.2, -0.15) is 5.26 Å². The summed E-state index contributed by atoms with van der Waals surface area (Å²) in [7, 11) is 0. The lowest BCUT2D eigenvalue weighted by atomic mass is 10.2. The zero-order chi connectivity index (χ0) is 8.91. The van der Waals surface area contributed by atoms with Gasteiger partial charge >= 0.3 is 0 Å². The Bertz CT molecular complexity index is 151. The van der Waals surface area contributed by atoms with Crippen molar-refractivity contribution in [3.05, 3.63) is 0 Å². The number of hydrogen-bond donors (Lipinski definition) is 1. The van der Waals surface area contributed by atoms with Crippen LogP contribution < -0.4 is 5.32 Å². The molecule has 0 aliphatic rings. The van der Waals surface area contributed by atoms with Gasteiger partial charge in [-0.25, -0.2) is 0 Å². The van der Waals surface area contributed by atoms with Crippen molar-refractivity contribution in [2.45, 2.75) is 39.5 Å². The van der Waals surface area contributed by atoms with E-state index >= 15 is 0 Å². The second-order valence-corrected chi connectivity index (χ2v) is 2.88. The first-order valence-electron chi connectivity index (χ1n) is 3.87. The van der Waals surface area contributed by atoms with E-state index in [-0.39, 0.29) is 6.04 Å². The Kier molecular flexibility index (Phi) is 4.09. The van der Waals surface area contributed by atoms with Gasteiger partial charge in [-0.15, -0.1) is 0 Å². The van der Waals surface area contributed by atoms with Crippen molar-refractivity contribution in [1.82, 2.24) is 5.32 Å². The van der Waals surface area contributed by atoms with Gasteiger partial charge in [-0.1, -0.05) is 0 Å². The van der Waals surface area contributed by atoms with Crippen LogP contribution in [0.3, 0.4) is 0 Å². The van der Waals surface area contributed by atoms with Gasteiger partial charge in [-0.05, 0) is 27.7 Å². The summed E-state index contributed by atoms with van der Waals surface area (Å²) in [6.45, 7) is 8.11. The molecule has 0 aliphatic carbocycles. The molecule has 0 aromatic carbocycles. The molecule has 0 aromatic heterocycles. The van der Waals surface area contributed by atoms with Gasteiger partial charge in [-0.3, -0.25) is 5.32 Å². The van der Waals surface area contributed by atoms with Gasteiger partial charge in [0.1, 0.15) is 6.07 Å². The fourth-order valence-electron chi connectivity index (χ4n) is 0.946. The first-order valence-corrected chi connectivity index (χ1v) is 3.87. The van der Waals surface area contributed by atoms with Crippen LogP contribution in [0, 0.1) is 11.3 Å². The molecule has 0 bridgehead atoms. The first-order chi connectivity index (χ1) is 5.04. The van der Waals surface area contributed by atoms with Gasteiger partial charge in [0.25, 0.3) is 0 Å². The number of rotatable bonds is 4. The third kappa shape index (κ3) is 3.97. The van der Waals surface area contributed by atoms with E-state index in [1.807, 2.05) is 20.8 Å². The Morgan fingerprint density at radius 1 is 1.64 bits per heavy atom. The maximum atomic E-state index is 8.73. The summed E-state index contributed by atoms with van der Waals surface area (Å²) in [4.78, 5) is 0. The van der Waals surface area contributed by atoms with Crippen molar-refractivity contribution in [3.8, 4) is 6.07 Å². The molecule has 0 saturated carbocycles. The van der Waals surface area contributed by atoms with E-state index in [4.69, 9.17) is 10.00 Å². The standard InChI is InChI=1S/C8H16N2O/c1-5-11-8(4,6-9)10-7(2)3/h7,10H,5H2,1-4H3. The molecule has 0 fully saturated rings. The molecule has 11 heavy (non-hydrogen) atoms. The summed E-state index contributed by atoms with van der Waals surface area (Å²) in [6, 6.07) is 2.33. The molecule has 0 aromatic rings. The molecule has 0 amide bonds. The second kappa shape index (κ2) is 4.32. The molecule has 0 radical (unpaired) electrons. The van der Waals surface area contributed by atoms with Crippen molar-refractivity contribution < 1.29 is 4.74 Å². The number of ether oxygens (including phenoxy) is 1. The molecular formula is C8H16N2O. The highest BCUT2D eigenvalue weighted by atomic mass is 16.5. The summed E-state index contributed by atoms with van der Waals surface area (Å²) in [5, 5.41) is 11.8. The zero-order valence-corrected chi connectivity index (χ0v) is 7.64. The summed E-state index contributed by atoms with van der Waals surface area (Å²) >= 11 is 0. The highest BCUT2D eigenvalue weighted by Crippen LogP contribution is 2.04. The lowest BCUT2D eigenvalue weighted by molar-refractivity contribution is -0.0119. The van der Waals surface area contributed by atoms with Gasteiger partial charge in [0, 0.05) is 12.6 Å². The summed E-state index contributed by atoms with van der Waals surface area (Å²) in [6.07, 6.45) is 0. The molecular weight excluding hydrogens is 140 g/mol. The van der Waals surface area contributed by atoms with Crippen LogP contribution in [-0.2, 0) is 4.74 Å². The molecule has 1 N–H and O–H groups in total. The topological polar surface area (TPSA) is 45.0 Å². The van der Waals surface area contributed by atoms with Crippen molar-refractivity contribution >= 4 is 0 Å². The molecule has 0 spiro atoms. The van der Waals surface area contributed by atoms with Crippen LogP contribution in [-0.4, -0.2) is 18.4 Å². The van der Waals surface area contributed by atoms with Crippen LogP contribution in [0.5, 0.6) is 0 Å². The fourth-order valence-corrected chi connectivity index (χ4v) is 0.946. The van der Waals surface area contributed by atoms with Crippen molar-refractivity contribution in [3.63, 3.8) is 0 Å². The molecule has 64 valence electrons. The minimum absolute atomic E-state index is 0.256. The van der Waals surface area contributed by atoms with Crippen LogP contribution in [0.2, 0.25) is 0 Å². The lowest BCUT2D eigenvalue weighted by Gasteiger charge is -2.25. The summed E-state index contributed by atoms with van der Waals surface area (Å²) in [5.41, 5.74) is -0.830. The Morgan fingerprint density at radius 3 is 2.45 bits per heavy atom. The number of nitrogens with zero attached hydrogens (tertiary/aromatic N) is 1. The number of hydrogen-bond acceptors (Lipinski definition) is 3. The Labute approximate surface area is 68.3 Å². The maximum absolute atomic E-state index is 8.73. The molecule has 0 rings (SSSR count). The molecule has 3 nitrogen and oxygen atoms in total. The van der Waals surface area contributed by atoms with Crippen LogP contribution in [0.15, 0.2) is 0 Å². The highest BCUT2D eigenvalue weighted by Gasteiger charge is 2.23. The molecule has 1 atom stereocenters. The van der Waals surface area contributed by atoms with E-state index in [1.165, 1.54) is 0 Å². The van der Waals surface area contributed by atoms with Gasteiger partial charge in [0.05, 0.1) is 0 Å². The predicted octanol–water partition coefficient (Wildman–Crippen LogP) is 1.26. The SMILES string of the molecule is CCOC(C)(C#N)NC(C)C. The van der Waals surface area contributed by atoms with Gasteiger partial charge < -0.3 is 4.74 Å². The molecule has 0 saturated heterocycles. The van der Waals surface area contributed by atoms with E-state index in [1.54, 1.807) is 6.92 Å². The third-order valence-electron chi connectivity index (χ3n) is 1.21. The molecule has 0 heterocycles. The average Bonchev–Trinajstić information content (AvgIpc) is 1.87. The van der Waals surface area contributed by atoms with Crippen LogP contribution in [0.1, 0.15) is 27.7 Å². The van der Waals surface area contributed by atoms with Gasteiger partial charge in [0.2, 0.25) is 5.72 Å².